The van der Waals surface area contributed by atoms with Crippen molar-refractivity contribution in [2.45, 2.75) is 32.2 Å². The second-order valence-corrected chi connectivity index (χ2v) is 5.73. The predicted octanol–water partition coefficient (Wildman–Crippen LogP) is 1.88. The Labute approximate surface area is 111 Å². The van der Waals surface area contributed by atoms with Crippen LogP contribution < -0.4 is 16.2 Å². The molecule has 0 amide bonds. The van der Waals surface area contributed by atoms with Crippen molar-refractivity contribution in [2.24, 2.45) is 0 Å². The average Bonchev–Trinajstić information content (AvgIpc) is 2.69. The Kier molecular flexibility index (Phi) is 2.52. The van der Waals surface area contributed by atoms with Gasteiger partial charge in [-0.25, -0.2) is 4.98 Å². The smallest absolute Gasteiger partial charge is 0.258 e. The highest BCUT2D eigenvalue weighted by atomic mass is 16.1. The van der Waals surface area contributed by atoms with Gasteiger partial charge in [0, 0.05) is 12.1 Å². The van der Waals surface area contributed by atoms with E-state index >= 15 is 0 Å². The molecule has 0 atom stereocenters. The van der Waals surface area contributed by atoms with Gasteiger partial charge in [0.2, 0.25) is 0 Å². The van der Waals surface area contributed by atoms with E-state index in [1.807, 2.05) is 6.07 Å². The van der Waals surface area contributed by atoms with Gasteiger partial charge in [-0.15, -0.1) is 0 Å². The summed E-state index contributed by atoms with van der Waals surface area (Å²) >= 11 is 0. The van der Waals surface area contributed by atoms with E-state index in [0.29, 0.717) is 16.6 Å². The van der Waals surface area contributed by atoms with Crippen molar-refractivity contribution in [3.63, 3.8) is 0 Å². The molecular weight excluding hydrogens is 240 g/mol. The Morgan fingerprint density at radius 3 is 2.89 bits per heavy atom. The monoisotopic (exact) mass is 258 g/mol. The average molecular weight is 258 g/mol. The van der Waals surface area contributed by atoms with E-state index in [0.717, 1.165) is 25.1 Å². The highest BCUT2D eigenvalue weighted by Crippen LogP contribution is 2.37. The maximum absolute atomic E-state index is 11.7. The number of fused-ring (bicyclic) bond motifs is 1. The van der Waals surface area contributed by atoms with Gasteiger partial charge in [-0.05, 0) is 38.8 Å². The number of nitrogens with one attached hydrogen (secondary N) is 1. The van der Waals surface area contributed by atoms with Crippen LogP contribution in [0.3, 0.4) is 0 Å². The van der Waals surface area contributed by atoms with Crippen molar-refractivity contribution >= 4 is 22.3 Å². The molecule has 1 aliphatic rings. The maximum atomic E-state index is 11.7. The van der Waals surface area contributed by atoms with Gasteiger partial charge in [-0.1, -0.05) is 0 Å². The Morgan fingerprint density at radius 1 is 1.42 bits per heavy atom. The van der Waals surface area contributed by atoms with E-state index in [9.17, 15) is 4.79 Å². The molecule has 1 saturated heterocycles. The fraction of sp³-hybridized carbons (Fsp3) is 0.429. The summed E-state index contributed by atoms with van der Waals surface area (Å²) < 4.78 is 0. The summed E-state index contributed by atoms with van der Waals surface area (Å²) in [4.78, 5) is 20.8. The molecule has 19 heavy (non-hydrogen) atoms. The summed E-state index contributed by atoms with van der Waals surface area (Å²) in [7, 11) is 0. The Hall–Kier alpha value is -2.04. The molecule has 100 valence electrons. The summed E-state index contributed by atoms with van der Waals surface area (Å²) in [6.45, 7) is 5.43. The molecule has 0 unspecified atom stereocenters. The molecule has 1 aromatic carbocycles. The molecule has 0 radical (unpaired) electrons. The van der Waals surface area contributed by atoms with Crippen molar-refractivity contribution in [2.75, 3.05) is 17.2 Å². The number of H-pyrrole nitrogens is 1. The number of rotatable bonds is 1. The SMILES string of the molecule is CC1(C)CCCN1c1cc2nc[nH]c(=O)c2cc1N. The first-order valence-electron chi connectivity index (χ1n) is 6.53. The number of nitrogen functional groups attached to an aromatic ring is 1. The van der Waals surface area contributed by atoms with Crippen LogP contribution in [-0.2, 0) is 0 Å². The zero-order valence-electron chi connectivity index (χ0n) is 11.2. The first-order valence-corrected chi connectivity index (χ1v) is 6.53. The Morgan fingerprint density at radius 2 is 2.21 bits per heavy atom. The van der Waals surface area contributed by atoms with Gasteiger partial charge >= 0.3 is 0 Å². The molecule has 0 bridgehead atoms. The van der Waals surface area contributed by atoms with E-state index in [2.05, 4.69) is 28.7 Å². The standard InChI is InChI=1S/C14H18N4O/c1-14(2)4-3-5-18(14)12-7-11-9(6-10(12)15)13(19)17-8-16-11/h6-8H,3-5,15H2,1-2H3,(H,16,17,19). The van der Waals surface area contributed by atoms with E-state index in [-0.39, 0.29) is 11.1 Å². The van der Waals surface area contributed by atoms with Gasteiger partial charge in [-0.2, -0.15) is 0 Å². The molecule has 0 spiro atoms. The lowest BCUT2D eigenvalue weighted by molar-refractivity contribution is 0.518. The Balaban J connectivity index is 2.20. The number of nitrogens with two attached hydrogens (primary N) is 1. The largest absolute Gasteiger partial charge is 0.397 e. The summed E-state index contributed by atoms with van der Waals surface area (Å²) in [6, 6.07) is 3.65. The molecular formula is C14H18N4O. The highest BCUT2D eigenvalue weighted by Gasteiger charge is 2.33. The van der Waals surface area contributed by atoms with E-state index in [1.165, 1.54) is 6.33 Å². The number of hydrogen-bond acceptors (Lipinski definition) is 4. The summed E-state index contributed by atoms with van der Waals surface area (Å²) in [5, 5.41) is 0.542. The predicted molar refractivity (Wildman–Crippen MR) is 77.4 cm³/mol. The number of anilines is 2. The second kappa shape index (κ2) is 3.98. The summed E-state index contributed by atoms with van der Waals surface area (Å²) in [5.41, 5.74) is 8.40. The van der Waals surface area contributed by atoms with Crippen molar-refractivity contribution in [3.8, 4) is 0 Å². The van der Waals surface area contributed by atoms with Gasteiger partial charge in [0.05, 0.1) is 28.6 Å². The third kappa shape index (κ3) is 1.85. The topological polar surface area (TPSA) is 75.0 Å². The van der Waals surface area contributed by atoms with Crippen LogP contribution in [0.5, 0.6) is 0 Å². The molecule has 0 aliphatic carbocycles. The van der Waals surface area contributed by atoms with Crippen LogP contribution in [-0.4, -0.2) is 22.1 Å². The quantitative estimate of drug-likeness (QED) is 0.766. The number of nitrogens with zero attached hydrogens (tertiary/aromatic N) is 2. The fourth-order valence-electron chi connectivity index (χ4n) is 2.91. The lowest BCUT2D eigenvalue weighted by atomic mass is 10.0. The summed E-state index contributed by atoms with van der Waals surface area (Å²) in [6.07, 6.45) is 3.74. The van der Waals surface area contributed by atoms with Gasteiger partial charge in [-0.3, -0.25) is 4.79 Å². The third-order valence-corrected chi connectivity index (χ3v) is 3.98. The fourth-order valence-corrected chi connectivity index (χ4v) is 2.91. The van der Waals surface area contributed by atoms with Crippen molar-refractivity contribution in [3.05, 3.63) is 28.8 Å². The minimum Gasteiger partial charge on any atom is -0.397 e. The van der Waals surface area contributed by atoms with E-state index in [1.54, 1.807) is 6.07 Å². The first kappa shape index (κ1) is 12.0. The van der Waals surface area contributed by atoms with Crippen LogP contribution in [0, 0.1) is 0 Å². The lowest BCUT2D eigenvalue weighted by Crippen LogP contribution is -2.38. The zero-order valence-corrected chi connectivity index (χ0v) is 11.2. The van der Waals surface area contributed by atoms with Crippen LogP contribution in [0.4, 0.5) is 11.4 Å². The first-order chi connectivity index (χ1) is 8.99. The van der Waals surface area contributed by atoms with Crippen LogP contribution in [0.1, 0.15) is 26.7 Å². The normalized spacial score (nSPS) is 18.1. The molecule has 1 aliphatic heterocycles. The molecule has 2 aromatic rings. The molecule has 3 rings (SSSR count). The van der Waals surface area contributed by atoms with Crippen LogP contribution in [0.2, 0.25) is 0 Å². The third-order valence-electron chi connectivity index (χ3n) is 3.98. The second-order valence-electron chi connectivity index (χ2n) is 5.73. The number of hydrogen-bond donors (Lipinski definition) is 2. The van der Waals surface area contributed by atoms with Gasteiger partial charge in [0.1, 0.15) is 0 Å². The molecule has 0 saturated carbocycles. The summed E-state index contributed by atoms with van der Waals surface area (Å²) in [5.74, 6) is 0. The van der Waals surface area contributed by atoms with E-state index < -0.39 is 0 Å². The van der Waals surface area contributed by atoms with E-state index in [4.69, 9.17) is 5.73 Å². The molecule has 5 heteroatoms. The Bertz CT molecular complexity index is 689. The van der Waals surface area contributed by atoms with Crippen molar-refractivity contribution < 1.29 is 0 Å². The van der Waals surface area contributed by atoms with Crippen molar-refractivity contribution in [1.29, 1.82) is 0 Å². The molecule has 3 N–H and O–H groups in total. The number of benzene rings is 1. The van der Waals surface area contributed by atoms with Crippen LogP contribution >= 0.6 is 0 Å². The van der Waals surface area contributed by atoms with Gasteiger partial charge in [0.25, 0.3) is 5.56 Å². The molecule has 2 heterocycles. The number of aromatic nitrogens is 2. The zero-order chi connectivity index (χ0) is 13.6. The van der Waals surface area contributed by atoms with Gasteiger partial charge < -0.3 is 15.6 Å². The van der Waals surface area contributed by atoms with Crippen LogP contribution in [0.15, 0.2) is 23.3 Å². The van der Waals surface area contributed by atoms with Crippen LogP contribution in [0.25, 0.3) is 10.9 Å². The van der Waals surface area contributed by atoms with Crippen molar-refractivity contribution in [1.82, 2.24) is 9.97 Å². The molecule has 1 aromatic heterocycles. The molecule has 5 nitrogen and oxygen atoms in total. The highest BCUT2D eigenvalue weighted by molar-refractivity contribution is 5.88. The molecule has 1 fully saturated rings. The minimum atomic E-state index is -0.149. The number of aromatic amines is 1. The minimum absolute atomic E-state index is 0.100. The lowest BCUT2D eigenvalue weighted by Gasteiger charge is -2.34. The van der Waals surface area contributed by atoms with Gasteiger partial charge in [0.15, 0.2) is 0 Å². The maximum Gasteiger partial charge on any atom is 0.258 e.